The van der Waals surface area contributed by atoms with Crippen molar-refractivity contribution in [2.24, 2.45) is 5.41 Å². The van der Waals surface area contributed by atoms with Crippen molar-refractivity contribution < 1.29 is 4.74 Å². The van der Waals surface area contributed by atoms with Crippen LogP contribution in [0.5, 0.6) is 5.88 Å². The molecule has 5 nitrogen and oxygen atoms in total. The topological polar surface area (TPSA) is 52.8 Å². The van der Waals surface area contributed by atoms with Crippen molar-refractivity contribution in [2.75, 3.05) is 7.11 Å². The SMILES string of the molecule is COc1ncnc2c1nc(CCl)n2CC1(C)CCCC1. The minimum absolute atomic E-state index is 0.312. The Labute approximate surface area is 123 Å². The number of nitrogens with zero attached hydrogens (tertiary/aromatic N) is 4. The number of aromatic nitrogens is 4. The highest BCUT2D eigenvalue weighted by Crippen LogP contribution is 2.40. The molecule has 2 aromatic rings. The molecule has 0 aliphatic heterocycles. The largest absolute Gasteiger partial charge is 0.479 e. The average molecular weight is 295 g/mol. The van der Waals surface area contributed by atoms with Crippen molar-refractivity contribution in [3.8, 4) is 5.88 Å². The zero-order valence-electron chi connectivity index (χ0n) is 11.9. The number of methoxy groups -OCH3 is 1. The molecule has 0 bridgehead atoms. The lowest BCUT2D eigenvalue weighted by Gasteiger charge is -2.24. The van der Waals surface area contributed by atoms with E-state index in [0.29, 0.717) is 22.7 Å². The molecule has 2 aromatic heterocycles. The van der Waals surface area contributed by atoms with Gasteiger partial charge in [0.2, 0.25) is 5.88 Å². The summed E-state index contributed by atoms with van der Waals surface area (Å²) in [7, 11) is 1.60. The van der Waals surface area contributed by atoms with Gasteiger partial charge in [0.25, 0.3) is 0 Å². The predicted molar refractivity (Wildman–Crippen MR) is 78.0 cm³/mol. The first-order valence-electron chi connectivity index (χ1n) is 6.97. The van der Waals surface area contributed by atoms with E-state index in [1.807, 2.05) is 0 Å². The van der Waals surface area contributed by atoms with E-state index >= 15 is 0 Å². The van der Waals surface area contributed by atoms with Crippen LogP contribution in [0.4, 0.5) is 0 Å². The van der Waals surface area contributed by atoms with Gasteiger partial charge in [-0.25, -0.2) is 9.97 Å². The molecular weight excluding hydrogens is 276 g/mol. The Morgan fingerprint density at radius 1 is 1.35 bits per heavy atom. The normalized spacial score (nSPS) is 17.8. The smallest absolute Gasteiger partial charge is 0.245 e. The van der Waals surface area contributed by atoms with Gasteiger partial charge in [0.05, 0.1) is 13.0 Å². The van der Waals surface area contributed by atoms with Crippen LogP contribution in [-0.4, -0.2) is 26.6 Å². The van der Waals surface area contributed by atoms with E-state index < -0.39 is 0 Å². The van der Waals surface area contributed by atoms with Crippen molar-refractivity contribution >= 4 is 22.8 Å². The summed E-state index contributed by atoms with van der Waals surface area (Å²) in [6.07, 6.45) is 6.62. The Balaban J connectivity index is 2.08. The van der Waals surface area contributed by atoms with Crippen molar-refractivity contribution in [1.82, 2.24) is 19.5 Å². The third-order valence-corrected chi connectivity index (χ3v) is 4.48. The molecule has 6 heteroatoms. The lowest BCUT2D eigenvalue weighted by Crippen LogP contribution is -2.21. The lowest BCUT2D eigenvalue weighted by atomic mass is 9.89. The highest BCUT2D eigenvalue weighted by atomic mass is 35.5. The van der Waals surface area contributed by atoms with Crippen LogP contribution >= 0.6 is 11.6 Å². The number of imidazole rings is 1. The molecule has 2 heterocycles. The van der Waals surface area contributed by atoms with Gasteiger partial charge in [0, 0.05) is 6.54 Å². The Morgan fingerprint density at radius 2 is 2.10 bits per heavy atom. The van der Waals surface area contributed by atoms with Gasteiger partial charge < -0.3 is 9.30 Å². The third-order valence-electron chi connectivity index (χ3n) is 4.24. The number of ether oxygens (including phenoxy) is 1. The highest BCUT2D eigenvalue weighted by molar-refractivity contribution is 6.16. The molecule has 20 heavy (non-hydrogen) atoms. The average Bonchev–Trinajstić information content (AvgIpc) is 3.03. The second-order valence-electron chi connectivity index (χ2n) is 5.82. The van der Waals surface area contributed by atoms with Crippen LogP contribution in [0.15, 0.2) is 6.33 Å². The third kappa shape index (κ3) is 2.24. The first kappa shape index (κ1) is 13.6. The minimum Gasteiger partial charge on any atom is -0.479 e. The van der Waals surface area contributed by atoms with Gasteiger partial charge in [-0.15, -0.1) is 11.6 Å². The van der Waals surface area contributed by atoms with Crippen LogP contribution < -0.4 is 4.74 Å². The fourth-order valence-electron chi connectivity index (χ4n) is 3.15. The van der Waals surface area contributed by atoms with Crippen LogP contribution in [-0.2, 0) is 12.4 Å². The summed E-state index contributed by atoms with van der Waals surface area (Å²) >= 11 is 6.06. The quantitative estimate of drug-likeness (QED) is 0.813. The van der Waals surface area contributed by atoms with Crippen LogP contribution in [0, 0.1) is 5.41 Å². The number of halogens is 1. The summed E-state index contributed by atoms with van der Waals surface area (Å²) < 4.78 is 7.40. The first-order chi connectivity index (χ1) is 9.67. The molecule has 1 saturated carbocycles. The maximum atomic E-state index is 6.06. The molecule has 108 valence electrons. The standard InChI is InChI=1S/C14H19ClN4O/c1-14(5-3-4-6-14)8-19-10(7-15)18-11-12(19)16-9-17-13(11)20-2/h9H,3-8H2,1-2H3. The van der Waals surface area contributed by atoms with Gasteiger partial charge in [-0.1, -0.05) is 19.8 Å². The fraction of sp³-hybridized carbons (Fsp3) is 0.643. The predicted octanol–water partition coefficient (Wildman–Crippen LogP) is 3.15. The molecule has 3 rings (SSSR count). The second-order valence-corrected chi connectivity index (χ2v) is 6.09. The van der Waals surface area contributed by atoms with Gasteiger partial charge in [-0.2, -0.15) is 4.98 Å². The van der Waals surface area contributed by atoms with Crippen LogP contribution in [0.1, 0.15) is 38.4 Å². The first-order valence-corrected chi connectivity index (χ1v) is 7.50. The maximum Gasteiger partial charge on any atom is 0.245 e. The molecule has 1 aliphatic rings. The van der Waals surface area contributed by atoms with E-state index in [0.717, 1.165) is 18.0 Å². The number of hydrogen-bond donors (Lipinski definition) is 0. The zero-order chi connectivity index (χ0) is 14.2. The highest BCUT2D eigenvalue weighted by Gasteiger charge is 2.31. The number of alkyl halides is 1. The molecule has 0 radical (unpaired) electrons. The summed E-state index contributed by atoms with van der Waals surface area (Å²) in [5.41, 5.74) is 1.83. The van der Waals surface area contributed by atoms with E-state index in [2.05, 4.69) is 26.4 Å². The molecular formula is C14H19ClN4O. The zero-order valence-corrected chi connectivity index (χ0v) is 12.7. The van der Waals surface area contributed by atoms with Gasteiger partial charge >= 0.3 is 0 Å². The Bertz CT molecular complexity index is 619. The van der Waals surface area contributed by atoms with Gasteiger partial charge in [-0.3, -0.25) is 0 Å². The molecule has 1 fully saturated rings. The van der Waals surface area contributed by atoms with Gasteiger partial charge in [-0.05, 0) is 18.3 Å². The van der Waals surface area contributed by atoms with E-state index in [9.17, 15) is 0 Å². The van der Waals surface area contributed by atoms with E-state index in [1.54, 1.807) is 7.11 Å². The molecule has 0 unspecified atom stereocenters. The monoisotopic (exact) mass is 294 g/mol. The van der Waals surface area contributed by atoms with E-state index in [-0.39, 0.29) is 0 Å². The van der Waals surface area contributed by atoms with Crippen LogP contribution in [0.25, 0.3) is 11.2 Å². The van der Waals surface area contributed by atoms with Crippen LogP contribution in [0.2, 0.25) is 0 Å². The van der Waals surface area contributed by atoms with Crippen LogP contribution in [0.3, 0.4) is 0 Å². The number of fused-ring (bicyclic) bond motifs is 1. The summed E-state index contributed by atoms with van der Waals surface area (Å²) in [6.45, 7) is 3.24. The van der Waals surface area contributed by atoms with Crippen molar-refractivity contribution in [1.29, 1.82) is 0 Å². The van der Waals surface area contributed by atoms with Crippen molar-refractivity contribution in [3.05, 3.63) is 12.2 Å². The van der Waals surface area contributed by atoms with E-state index in [4.69, 9.17) is 16.3 Å². The summed E-state index contributed by atoms with van der Waals surface area (Å²) in [5, 5.41) is 0. The Morgan fingerprint density at radius 3 is 2.75 bits per heavy atom. The minimum atomic E-state index is 0.312. The molecule has 0 spiro atoms. The van der Waals surface area contributed by atoms with Gasteiger partial charge in [0.15, 0.2) is 11.2 Å². The van der Waals surface area contributed by atoms with Crippen molar-refractivity contribution in [3.63, 3.8) is 0 Å². The summed E-state index contributed by atoms with van der Waals surface area (Å²) in [5.74, 6) is 1.72. The van der Waals surface area contributed by atoms with Gasteiger partial charge in [0.1, 0.15) is 12.2 Å². The molecule has 0 saturated heterocycles. The van der Waals surface area contributed by atoms with E-state index in [1.165, 1.54) is 32.0 Å². The molecule has 0 aromatic carbocycles. The summed E-state index contributed by atoms with van der Waals surface area (Å²) in [6, 6.07) is 0. The molecule has 0 amide bonds. The maximum absolute atomic E-state index is 6.06. The second kappa shape index (κ2) is 5.20. The summed E-state index contributed by atoms with van der Waals surface area (Å²) in [4.78, 5) is 13.0. The fourth-order valence-corrected chi connectivity index (χ4v) is 3.35. The van der Waals surface area contributed by atoms with Crippen molar-refractivity contribution in [2.45, 2.75) is 45.0 Å². The number of rotatable bonds is 4. The Kier molecular flexibility index (Phi) is 3.54. The Hall–Kier alpha value is -1.36. The molecule has 0 N–H and O–H groups in total. The lowest BCUT2D eigenvalue weighted by molar-refractivity contribution is 0.282. The molecule has 1 aliphatic carbocycles. The molecule has 0 atom stereocenters. The number of hydrogen-bond acceptors (Lipinski definition) is 4.